The summed E-state index contributed by atoms with van der Waals surface area (Å²) in [6.45, 7) is 9.84. The molecule has 0 amide bonds. The molecule has 2 heterocycles. The maximum atomic E-state index is 13.4. The number of H-pyrrole nitrogens is 1. The van der Waals surface area contributed by atoms with Gasteiger partial charge < -0.3 is 0 Å². The fourth-order valence-corrected chi connectivity index (χ4v) is 4.56. The molecule has 1 N–H and O–H groups in total. The Labute approximate surface area is 211 Å². The van der Waals surface area contributed by atoms with Gasteiger partial charge in [0.25, 0.3) is 0 Å². The van der Waals surface area contributed by atoms with Crippen LogP contribution in [0.1, 0.15) is 51.8 Å². The van der Waals surface area contributed by atoms with Gasteiger partial charge in [-0.1, -0.05) is 87.8 Å². The molecule has 0 saturated heterocycles. The van der Waals surface area contributed by atoms with E-state index in [0.29, 0.717) is 35.9 Å². The smallest absolute Gasteiger partial charge is 0.290 e. The highest BCUT2D eigenvalue weighted by atomic mass is 35.5. The Morgan fingerprint density at radius 3 is 2.23 bits per heavy atom. The second-order valence-corrected chi connectivity index (χ2v) is 10.2. The predicted molar refractivity (Wildman–Crippen MR) is 140 cm³/mol. The number of hydrogen-bond donors (Lipinski definition) is 1. The zero-order valence-corrected chi connectivity index (χ0v) is 21.6. The van der Waals surface area contributed by atoms with Crippen molar-refractivity contribution < 1.29 is 0 Å². The van der Waals surface area contributed by atoms with Gasteiger partial charge in [-0.25, -0.2) is 9.89 Å². The van der Waals surface area contributed by atoms with Crippen LogP contribution in [0.25, 0.3) is 22.5 Å². The molecule has 0 radical (unpaired) electrons. The summed E-state index contributed by atoms with van der Waals surface area (Å²) >= 11 is 6.76. The van der Waals surface area contributed by atoms with Gasteiger partial charge in [0.1, 0.15) is 5.15 Å². The molecule has 4 rings (SSSR count). The predicted octanol–water partition coefficient (Wildman–Crippen LogP) is 5.83. The molecule has 2 aromatic carbocycles. The van der Waals surface area contributed by atoms with Crippen LogP contribution in [0.15, 0.2) is 53.3 Å². The van der Waals surface area contributed by atoms with E-state index < -0.39 is 0 Å². The number of hydrogen-bond acceptors (Lipinski definition) is 4. The average Bonchev–Trinajstić information content (AvgIpc) is 3.45. The molecule has 0 aliphatic carbocycles. The van der Waals surface area contributed by atoms with Crippen molar-refractivity contribution >= 4 is 11.6 Å². The van der Waals surface area contributed by atoms with Crippen LogP contribution in [0.2, 0.25) is 5.15 Å². The first kappa shape index (κ1) is 24.9. The molecule has 4 aromatic rings. The molecule has 8 heteroatoms. The molecule has 0 spiro atoms. The summed E-state index contributed by atoms with van der Waals surface area (Å²) in [6, 6.07) is 16.3. The van der Waals surface area contributed by atoms with Gasteiger partial charge in [0.05, 0.1) is 12.2 Å². The number of aromatic amines is 1. The first-order valence-electron chi connectivity index (χ1n) is 12.2. The summed E-state index contributed by atoms with van der Waals surface area (Å²) in [7, 11) is 0. The number of aromatic nitrogens is 6. The minimum absolute atomic E-state index is 0.0263. The topological polar surface area (TPSA) is 81.4 Å². The highest BCUT2D eigenvalue weighted by Crippen LogP contribution is 2.30. The molecule has 2 aromatic heterocycles. The number of tetrazole rings is 1. The number of imidazole rings is 1. The Balaban J connectivity index is 1.63. The van der Waals surface area contributed by atoms with E-state index in [-0.39, 0.29) is 5.69 Å². The van der Waals surface area contributed by atoms with Crippen LogP contribution < -0.4 is 5.69 Å². The van der Waals surface area contributed by atoms with Crippen molar-refractivity contribution in [2.45, 2.75) is 60.0 Å². The van der Waals surface area contributed by atoms with E-state index in [1.165, 1.54) is 0 Å². The lowest BCUT2D eigenvalue weighted by Crippen LogP contribution is -2.26. The van der Waals surface area contributed by atoms with Gasteiger partial charge in [0.15, 0.2) is 5.82 Å². The van der Waals surface area contributed by atoms with Crippen LogP contribution in [0.3, 0.4) is 0 Å². The van der Waals surface area contributed by atoms with Crippen LogP contribution in [0, 0.1) is 11.8 Å². The molecular weight excluding hydrogens is 460 g/mol. The first-order chi connectivity index (χ1) is 16.8. The number of nitrogens with zero attached hydrogens (tertiary/aromatic N) is 5. The zero-order valence-electron chi connectivity index (χ0n) is 20.8. The van der Waals surface area contributed by atoms with Crippen molar-refractivity contribution in [2.75, 3.05) is 0 Å². The Kier molecular flexibility index (Phi) is 7.86. The Hall–Kier alpha value is -3.19. The van der Waals surface area contributed by atoms with Gasteiger partial charge in [0.2, 0.25) is 0 Å². The number of halogens is 1. The first-order valence-corrected chi connectivity index (χ1v) is 12.6. The molecule has 0 saturated carbocycles. The van der Waals surface area contributed by atoms with Crippen molar-refractivity contribution in [3.63, 3.8) is 0 Å². The molecule has 0 bridgehead atoms. The number of rotatable bonds is 10. The Bertz CT molecular complexity index is 1300. The maximum Gasteiger partial charge on any atom is 0.329 e. The second kappa shape index (κ2) is 11.0. The normalized spacial score (nSPS) is 11.6. The Morgan fingerprint density at radius 1 is 0.914 bits per heavy atom. The third kappa shape index (κ3) is 5.73. The van der Waals surface area contributed by atoms with E-state index in [1.807, 2.05) is 22.8 Å². The third-order valence-electron chi connectivity index (χ3n) is 6.28. The summed E-state index contributed by atoms with van der Waals surface area (Å²) < 4.78 is 3.60. The van der Waals surface area contributed by atoms with E-state index in [9.17, 15) is 4.79 Å². The van der Waals surface area contributed by atoms with E-state index >= 15 is 0 Å². The summed E-state index contributed by atoms with van der Waals surface area (Å²) in [5.41, 5.74) is 4.99. The fourth-order valence-electron chi connectivity index (χ4n) is 4.21. The molecule has 0 fully saturated rings. The minimum atomic E-state index is -0.0263. The molecular formula is C27H33ClN6O. The number of benzene rings is 2. The lowest BCUT2D eigenvalue weighted by Gasteiger charge is -2.11. The standard InChI is InChI=1S/C27H33ClN6O/c1-18(2)9-14-24-25(28)33(16-15-19(3)4)27(35)34(24)17-20-10-12-21(13-11-20)22-7-5-6-8-23(22)26-29-31-32-30-26/h5-8,10-13,18-19H,9,14-17H2,1-4H3,(H,29,30,31,32). The van der Waals surface area contributed by atoms with Crippen LogP contribution in [-0.2, 0) is 19.5 Å². The van der Waals surface area contributed by atoms with Gasteiger partial charge in [-0.15, -0.1) is 5.10 Å². The van der Waals surface area contributed by atoms with Gasteiger partial charge in [-0.2, -0.15) is 0 Å². The Morgan fingerprint density at radius 2 is 1.60 bits per heavy atom. The quantitative estimate of drug-likeness (QED) is 0.302. The summed E-state index contributed by atoms with van der Waals surface area (Å²) in [5.74, 6) is 1.67. The molecule has 35 heavy (non-hydrogen) atoms. The maximum absolute atomic E-state index is 13.4. The van der Waals surface area contributed by atoms with Crippen molar-refractivity contribution in [3.8, 4) is 22.5 Å². The van der Waals surface area contributed by atoms with Crippen LogP contribution in [-0.4, -0.2) is 29.8 Å². The van der Waals surface area contributed by atoms with Gasteiger partial charge in [-0.3, -0.25) is 9.13 Å². The fraction of sp³-hybridized carbons (Fsp3) is 0.407. The van der Waals surface area contributed by atoms with Crippen LogP contribution in [0.5, 0.6) is 0 Å². The van der Waals surface area contributed by atoms with Crippen molar-refractivity contribution in [1.29, 1.82) is 0 Å². The van der Waals surface area contributed by atoms with Crippen LogP contribution in [0.4, 0.5) is 0 Å². The summed E-state index contributed by atoms with van der Waals surface area (Å²) in [5, 5.41) is 14.9. The SMILES string of the molecule is CC(C)CCc1c(Cl)n(CCC(C)C)c(=O)n1Cc1ccc(-c2ccccc2-c2nnn[nH]2)cc1. The lowest BCUT2D eigenvalue weighted by molar-refractivity contribution is 0.503. The van der Waals surface area contributed by atoms with E-state index in [0.717, 1.165) is 47.2 Å². The van der Waals surface area contributed by atoms with Gasteiger partial charge in [0, 0.05) is 12.1 Å². The van der Waals surface area contributed by atoms with Gasteiger partial charge >= 0.3 is 5.69 Å². The molecule has 184 valence electrons. The van der Waals surface area contributed by atoms with E-state index in [4.69, 9.17) is 11.6 Å². The van der Waals surface area contributed by atoms with Crippen molar-refractivity contribution in [3.05, 3.63) is 75.4 Å². The lowest BCUT2D eigenvalue weighted by atomic mass is 9.98. The highest BCUT2D eigenvalue weighted by molar-refractivity contribution is 6.30. The molecule has 0 atom stereocenters. The molecule has 7 nitrogen and oxygen atoms in total. The highest BCUT2D eigenvalue weighted by Gasteiger charge is 2.19. The monoisotopic (exact) mass is 492 g/mol. The van der Waals surface area contributed by atoms with E-state index in [1.54, 1.807) is 4.57 Å². The van der Waals surface area contributed by atoms with Gasteiger partial charge in [-0.05, 0) is 58.2 Å². The van der Waals surface area contributed by atoms with Crippen molar-refractivity contribution in [1.82, 2.24) is 29.8 Å². The average molecular weight is 493 g/mol. The molecule has 0 aliphatic rings. The van der Waals surface area contributed by atoms with Crippen LogP contribution >= 0.6 is 11.6 Å². The summed E-state index contributed by atoms with van der Waals surface area (Å²) in [4.78, 5) is 13.4. The second-order valence-electron chi connectivity index (χ2n) is 9.87. The largest absolute Gasteiger partial charge is 0.329 e. The summed E-state index contributed by atoms with van der Waals surface area (Å²) in [6.07, 6.45) is 2.69. The zero-order chi connectivity index (χ0) is 24.9. The number of nitrogens with one attached hydrogen (secondary N) is 1. The van der Waals surface area contributed by atoms with Crippen molar-refractivity contribution in [2.24, 2.45) is 11.8 Å². The third-order valence-corrected chi connectivity index (χ3v) is 6.71. The minimum Gasteiger partial charge on any atom is -0.290 e. The van der Waals surface area contributed by atoms with E-state index in [2.05, 4.69) is 78.7 Å². The molecule has 0 aliphatic heterocycles. The molecule has 0 unspecified atom stereocenters.